The molecule has 0 N–H and O–H groups in total. The maximum Gasteiger partial charge on any atom is 0.246 e. The Morgan fingerprint density at radius 2 is 2.16 bits per heavy atom. The van der Waals surface area contributed by atoms with Crippen LogP contribution in [-0.2, 0) is 16.6 Å². The topological polar surface area (TPSA) is 63.4 Å². The van der Waals surface area contributed by atoms with E-state index in [4.69, 9.17) is 16.0 Å². The monoisotopic (exact) mass is 364 g/mol. The number of rotatable bonds is 4. The number of furan rings is 1. The molecule has 0 aliphatic heterocycles. The molecule has 5 nitrogen and oxygen atoms in total. The maximum atomic E-state index is 12.3. The van der Waals surface area contributed by atoms with Crippen LogP contribution in [0.5, 0.6) is 0 Å². The van der Waals surface area contributed by atoms with Crippen LogP contribution < -0.4 is 0 Å². The molecule has 0 aliphatic carbocycles. The molecule has 0 bridgehead atoms. The van der Waals surface area contributed by atoms with E-state index in [1.807, 2.05) is 0 Å². The molecule has 102 valence electrons. The van der Waals surface area contributed by atoms with E-state index in [2.05, 4.69) is 20.9 Å². The molecular weight excluding hydrogens is 356 g/mol. The van der Waals surface area contributed by atoms with Gasteiger partial charge in [0.2, 0.25) is 10.0 Å². The number of halogens is 2. The molecule has 0 fully saturated rings. The molecule has 0 amide bonds. The van der Waals surface area contributed by atoms with E-state index in [1.165, 1.54) is 25.4 Å². The lowest BCUT2D eigenvalue weighted by atomic mass is 10.4. The molecule has 2 rings (SSSR count). The standard InChI is InChI=1S/C11H10BrClN2O3S/c1-15(7-8-4-5-10(12)18-8)19(16,17)9-3-2-6-14-11(9)13/h2-6H,7H2,1H3. The van der Waals surface area contributed by atoms with Gasteiger partial charge < -0.3 is 4.42 Å². The third-order valence-corrected chi connectivity index (χ3v) is 5.09. The molecule has 0 saturated carbocycles. The van der Waals surface area contributed by atoms with Crippen molar-refractivity contribution in [1.29, 1.82) is 0 Å². The van der Waals surface area contributed by atoms with Crippen molar-refractivity contribution < 1.29 is 12.8 Å². The van der Waals surface area contributed by atoms with Crippen LogP contribution in [0.15, 0.2) is 44.4 Å². The highest BCUT2D eigenvalue weighted by atomic mass is 79.9. The summed E-state index contributed by atoms with van der Waals surface area (Å²) in [6, 6.07) is 6.34. The molecule has 0 aromatic carbocycles. The second-order valence-electron chi connectivity index (χ2n) is 3.76. The van der Waals surface area contributed by atoms with Crippen LogP contribution in [-0.4, -0.2) is 24.8 Å². The van der Waals surface area contributed by atoms with Crippen molar-refractivity contribution in [2.24, 2.45) is 0 Å². The third kappa shape index (κ3) is 3.17. The Balaban J connectivity index is 2.27. The predicted octanol–water partition coefficient (Wildman–Crippen LogP) is 2.91. The van der Waals surface area contributed by atoms with Gasteiger partial charge >= 0.3 is 0 Å². The molecule has 0 radical (unpaired) electrons. The first-order chi connectivity index (χ1) is 8.91. The fourth-order valence-electron chi connectivity index (χ4n) is 1.47. The molecule has 2 aromatic heterocycles. The van der Waals surface area contributed by atoms with Gasteiger partial charge in [-0.3, -0.25) is 0 Å². The van der Waals surface area contributed by atoms with Crippen molar-refractivity contribution in [3.05, 3.63) is 46.0 Å². The minimum absolute atomic E-state index is 0.0233. The van der Waals surface area contributed by atoms with Crippen molar-refractivity contribution in [3.63, 3.8) is 0 Å². The summed E-state index contributed by atoms with van der Waals surface area (Å²) in [6.07, 6.45) is 1.44. The van der Waals surface area contributed by atoms with Crippen LogP contribution in [0.4, 0.5) is 0 Å². The van der Waals surface area contributed by atoms with Gasteiger partial charge in [-0.05, 0) is 40.2 Å². The Morgan fingerprint density at radius 1 is 1.42 bits per heavy atom. The summed E-state index contributed by atoms with van der Waals surface area (Å²) in [6.45, 7) is 0.110. The van der Waals surface area contributed by atoms with Gasteiger partial charge in [0.05, 0.1) is 6.54 Å². The van der Waals surface area contributed by atoms with Crippen molar-refractivity contribution in [3.8, 4) is 0 Å². The quantitative estimate of drug-likeness (QED) is 0.782. The summed E-state index contributed by atoms with van der Waals surface area (Å²) in [7, 11) is -2.24. The minimum atomic E-state index is -3.70. The number of hydrogen-bond donors (Lipinski definition) is 0. The second-order valence-corrected chi connectivity index (χ2v) is 6.91. The smallest absolute Gasteiger partial charge is 0.246 e. The van der Waals surface area contributed by atoms with Crippen molar-refractivity contribution in [2.45, 2.75) is 11.4 Å². The molecule has 2 heterocycles. The Kier molecular flexibility index (Phi) is 4.29. The third-order valence-electron chi connectivity index (χ3n) is 2.42. The van der Waals surface area contributed by atoms with E-state index < -0.39 is 10.0 Å². The lowest BCUT2D eigenvalue weighted by molar-refractivity contribution is 0.398. The van der Waals surface area contributed by atoms with Gasteiger partial charge in [-0.2, -0.15) is 4.31 Å². The number of aromatic nitrogens is 1. The Bertz CT molecular complexity index is 687. The fraction of sp³-hybridized carbons (Fsp3) is 0.182. The molecular formula is C11H10BrClN2O3S. The van der Waals surface area contributed by atoms with Crippen LogP contribution in [0.3, 0.4) is 0 Å². The summed E-state index contributed by atoms with van der Waals surface area (Å²) < 4.78 is 31.6. The molecule has 0 spiro atoms. The lowest BCUT2D eigenvalue weighted by Crippen LogP contribution is -2.26. The van der Waals surface area contributed by atoms with E-state index in [-0.39, 0.29) is 16.6 Å². The summed E-state index contributed by atoms with van der Waals surface area (Å²) in [4.78, 5) is 3.74. The molecule has 0 saturated heterocycles. The summed E-state index contributed by atoms with van der Waals surface area (Å²) in [5, 5.41) is -0.0463. The average molecular weight is 366 g/mol. The summed E-state index contributed by atoms with van der Waals surface area (Å²) in [5.74, 6) is 0.526. The largest absolute Gasteiger partial charge is 0.453 e. The van der Waals surface area contributed by atoms with E-state index in [1.54, 1.807) is 12.1 Å². The number of nitrogens with zero attached hydrogens (tertiary/aromatic N) is 2. The van der Waals surface area contributed by atoms with Gasteiger partial charge in [0, 0.05) is 13.2 Å². The second kappa shape index (κ2) is 5.62. The Labute approximate surface area is 124 Å². The van der Waals surface area contributed by atoms with Crippen LogP contribution in [0.2, 0.25) is 5.15 Å². The van der Waals surface area contributed by atoms with E-state index in [0.717, 1.165) is 4.31 Å². The van der Waals surface area contributed by atoms with Gasteiger partial charge in [-0.1, -0.05) is 11.6 Å². The van der Waals surface area contributed by atoms with Crippen LogP contribution >= 0.6 is 27.5 Å². The highest BCUT2D eigenvalue weighted by Gasteiger charge is 2.24. The van der Waals surface area contributed by atoms with Gasteiger partial charge in [0.1, 0.15) is 15.8 Å². The predicted molar refractivity (Wildman–Crippen MR) is 74.3 cm³/mol. The normalized spacial score (nSPS) is 12.0. The van der Waals surface area contributed by atoms with E-state index >= 15 is 0 Å². The van der Waals surface area contributed by atoms with Crippen molar-refractivity contribution in [2.75, 3.05) is 7.05 Å². The van der Waals surface area contributed by atoms with Gasteiger partial charge in [-0.25, -0.2) is 13.4 Å². The van der Waals surface area contributed by atoms with Crippen molar-refractivity contribution in [1.82, 2.24) is 9.29 Å². The van der Waals surface area contributed by atoms with E-state index in [0.29, 0.717) is 10.4 Å². The zero-order chi connectivity index (χ0) is 14.0. The Morgan fingerprint density at radius 3 is 2.74 bits per heavy atom. The number of pyridine rings is 1. The molecule has 0 atom stereocenters. The first-order valence-electron chi connectivity index (χ1n) is 5.22. The average Bonchev–Trinajstić information content (AvgIpc) is 2.75. The highest BCUT2D eigenvalue weighted by Crippen LogP contribution is 2.23. The van der Waals surface area contributed by atoms with Gasteiger partial charge in [0.15, 0.2) is 4.67 Å². The first-order valence-corrected chi connectivity index (χ1v) is 7.83. The molecule has 0 aliphatic rings. The van der Waals surface area contributed by atoms with Gasteiger partial charge in [0.25, 0.3) is 0 Å². The highest BCUT2D eigenvalue weighted by molar-refractivity contribution is 9.10. The number of sulfonamides is 1. The van der Waals surface area contributed by atoms with Gasteiger partial charge in [-0.15, -0.1) is 0 Å². The lowest BCUT2D eigenvalue weighted by Gasteiger charge is -2.16. The minimum Gasteiger partial charge on any atom is -0.453 e. The zero-order valence-corrected chi connectivity index (χ0v) is 13.0. The van der Waals surface area contributed by atoms with E-state index in [9.17, 15) is 8.42 Å². The molecule has 0 unspecified atom stereocenters. The molecule has 8 heteroatoms. The summed E-state index contributed by atoms with van der Waals surface area (Å²) in [5.41, 5.74) is 0. The SMILES string of the molecule is CN(Cc1ccc(Br)o1)S(=O)(=O)c1cccnc1Cl. The van der Waals surface area contributed by atoms with Crippen LogP contribution in [0.1, 0.15) is 5.76 Å². The van der Waals surface area contributed by atoms with Crippen LogP contribution in [0, 0.1) is 0 Å². The molecule has 2 aromatic rings. The number of hydrogen-bond acceptors (Lipinski definition) is 4. The molecule has 19 heavy (non-hydrogen) atoms. The van der Waals surface area contributed by atoms with Crippen LogP contribution in [0.25, 0.3) is 0 Å². The maximum absolute atomic E-state index is 12.3. The zero-order valence-electron chi connectivity index (χ0n) is 9.88. The Hall–Kier alpha value is -0.890. The van der Waals surface area contributed by atoms with Crippen molar-refractivity contribution >= 4 is 37.6 Å². The first kappa shape index (κ1) is 14.5. The summed E-state index contributed by atoms with van der Waals surface area (Å²) >= 11 is 8.98. The fourth-order valence-corrected chi connectivity index (χ4v) is 3.37.